The molecule has 0 aromatic carbocycles. The fraction of sp³-hybridized carbons (Fsp3) is 0.417. The van der Waals surface area contributed by atoms with Crippen molar-refractivity contribution in [2.24, 2.45) is 12.8 Å². The minimum atomic E-state index is -3.47. The molecule has 0 saturated carbocycles. The molecule has 0 aliphatic carbocycles. The Hall–Kier alpha value is -1.22. The first-order valence-corrected chi connectivity index (χ1v) is 8.50. The molecule has 20 heavy (non-hydrogen) atoms. The molecular formula is C12H18N4O2S2. The molecule has 0 radical (unpaired) electrons. The highest BCUT2D eigenvalue weighted by molar-refractivity contribution is 7.91. The van der Waals surface area contributed by atoms with Crippen LogP contribution in [-0.2, 0) is 30.0 Å². The van der Waals surface area contributed by atoms with Crippen LogP contribution < -0.4 is 10.5 Å². The predicted molar refractivity (Wildman–Crippen MR) is 79.0 cm³/mol. The maximum atomic E-state index is 12.2. The van der Waals surface area contributed by atoms with Crippen LogP contribution in [0.2, 0.25) is 0 Å². The molecule has 0 aliphatic heterocycles. The number of hydrogen-bond donors (Lipinski definition) is 2. The highest BCUT2D eigenvalue weighted by atomic mass is 32.2. The van der Waals surface area contributed by atoms with Crippen LogP contribution in [0.25, 0.3) is 0 Å². The van der Waals surface area contributed by atoms with Gasteiger partial charge in [0.15, 0.2) is 0 Å². The van der Waals surface area contributed by atoms with E-state index < -0.39 is 10.0 Å². The zero-order valence-electron chi connectivity index (χ0n) is 11.5. The van der Waals surface area contributed by atoms with Crippen molar-refractivity contribution in [3.63, 3.8) is 0 Å². The maximum Gasteiger partial charge on any atom is 0.250 e. The number of rotatable bonds is 6. The van der Waals surface area contributed by atoms with Crippen LogP contribution in [0.15, 0.2) is 22.5 Å². The number of hydrogen-bond acceptors (Lipinski definition) is 5. The van der Waals surface area contributed by atoms with Gasteiger partial charge in [-0.1, -0.05) is 0 Å². The van der Waals surface area contributed by atoms with Crippen molar-refractivity contribution in [3.05, 3.63) is 34.5 Å². The Kier molecular flexibility index (Phi) is 4.59. The number of aromatic nitrogens is 2. The fourth-order valence-corrected chi connectivity index (χ4v) is 4.27. The molecule has 0 aliphatic rings. The van der Waals surface area contributed by atoms with Gasteiger partial charge < -0.3 is 5.73 Å². The van der Waals surface area contributed by atoms with E-state index in [0.29, 0.717) is 17.2 Å². The monoisotopic (exact) mass is 314 g/mol. The van der Waals surface area contributed by atoms with Gasteiger partial charge in [0.05, 0.1) is 5.69 Å². The fourth-order valence-electron chi connectivity index (χ4n) is 1.85. The normalized spacial score (nSPS) is 11.9. The van der Waals surface area contributed by atoms with E-state index in [9.17, 15) is 8.42 Å². The summed E-state index contributed by atoms with van der Waals surface area (Å²) in [6.45, 7) is 2.61. The van der Waals surface area contributed by atoms with E-state index in [1.807, 2.05) is 20.2 Å². The zero-order valence-corrected chi connectivity index (χ0v) is 13.1. The third-order valence-corrected chi connectivity index (χ3v) is 5.90. The van der Waals surface area contributed by atoms with Crippen molar-refractivity contribution in [1.29, 1.82) is 0 Å². The van der Waals surface area contributed by atoms with Gasteiger partial charge in [0.25, 0.3) is 0 Å². The van der Waals surface area contributed by atoms with Gasteiger partial charge in [-0.25, -0.2) is 13.1 Å². The topological polar surface area (TPSA) is 90.0 Å². The molecule has 0 amide bonds. The lowest BCUT2D eigenvalue weighted by molar-refractivity contribution is 0.583. The molecule has 0 bridgehead atoms. The minimum Gasteiger partial charge on any atom is -0.330 e. The van der Waals surface area contributed by atoms with Crippen LogP contribution in [0.3, 0.4) is 0 Å². The molecule has 0 fully saturated rings. The lowest BCUT2D eigenvalue weighted by Crippen LogP contribution is -2.22. The largest absolute Gasteiger partial charge is 0.330 e. The molecule has 6 nitrogen and oxygen atoms in total. The summed E-state index contributed by atoms with van der Waals surface area (Å²) >= 11 is 1.26. The Morgan fingerprint density at radius 2 is 2.20 bits per heavy atom. The molecule has 0 unspecified atom stereocenters. The second-order valence-electron chi connectivity index (χ2n) is 4.50. The van der Waals surface area contributed by atoms with Crippen LogP contribution in [0, 0.1) is 6.92 Å². The van der Waals surface area contributed by atoms with Gasteiger partial charge in [-0.2, -0.15) is 5.10 Å². The van der Waals surface area contributed by atoms with Gasteiger partial charge in [0.2, 0.25) is 10.0 Å². The lowest BCUT2D eigenvalue weighted by Gasteiger charge is -2.03. The first-order chi connectivity index (χ1) is 9.42. The Labute approximate surface area is 122 Å². The molecule has 2 rings (SSSR count). The Balaban J connectivity index is 2.08. The third-order valence-electron chi connectivity index (χ3n) is 2.86. The van der Waals surface area contributed by atoms with Crippen molar-refractivity contribution in [2.75, 3.05) is 6.54 Å². The molecule has 2 aromatic heterocycles. The van der Waals surface area contributed by atoms with Crippen molar-refractivity contribution in [2.45, 2.75) is 24.1 Å². The average molecular weight is 314 g/mol. The van der Waals surface area contributed by atoms with Gasteiger partial charge in [-0.05, 0) is 32.0 Å². The van der Waals surface area contributed by atoms with Crippen molar-refractivity contribution < 1.29 is 8.42 Å². The zero-order chi connectivity index (χ0) is 14.8. The SMILES string of the molecule is Cc1nn(C)cc1CNS(=O)(=O)c1ccc(CCN)s1. The van der Waals surface area contributed by atoms with Gasteiger partial charge >= 0.3 is 0 Å². The molecule has 2 heterocycles. The number of thiophene rings is 1. The van der Waals surface area contributed by atoms with E-state index in [0.717, 1.165) is 16.1 Å². The number of aryl methyl sites for hydroxylation is 2. The van der Waals surface area contributed by atoms with Crippen LogP contribution in [-0.4, -0.2) is 24.7 Å². The first kappa shape index (κ1) is 15.2. The van der Waals surface area contributed by atoms with Crippen molar-refractivity contribution in [3.8, 4) is 0 Å². The van der Waals surface area contributed by atoms with Gasteiger partial charge in [0, 0.05) is 30.2 Å². The number of nitrogens with two attached hydrogens (primary N) is 1. The summed E-state index contributed by atoms with van der Waals surface area (Å²) in [5.74, 6) is 0. The minimum absolute atomic E-state index is 0.242. The van der Waals surface area contributed by atoms with Crippen molar-refractivity contribution >= 4 is 21.4 Å². The summed E-state index contributed by atoms with van der Waals surface area (Å²) in [6.07, 6.45) is 2.51. The Morgan fingerprint density at radius 1 is 1.45 bits per heavy atom. The maximum absolute atomic E-state index is 12.2. The quantitative estimate of drug-likeness (QED) is 0.824. The molecule has 3 N–H and O–H groups in total. The highest BCUT2D eigenvalue weighted by Crippen LogP contribution is 2.22. The first-order valence-electron chi connectivity index (χ1n) is 6.20. The predicted octanol–water partition coefficient (Wildman–Crippen LogP) is 0.770. The summed E-state index contributed by atoms with van der Waals surface area (Å²) in [5, 5.41) is 4.18. The Morgan fingerprint density at radius 3 is 2.80 bits per heavy atom. The van der Waals surface area contributed by atoms with E-state index in [-0.39, 0.29) is 6.54 Å². The summed E-state index contributed by atoms with van der Waals surface area (Å²) in [6, 6.07) is 3.43. The van der Waals surface area contributed by atoms with Crippen LogP contribution in [0.1, 0.15) is 16.1 Å². The Bertz CT molecular complexity index is 688. The van der Waals surface area contributed by atoms with Crippen LogP contribution >= 0.6 is 11.3 Å². The van der Waals surface area contributed by atoms with Gasteiger partial charge in [-0.15, -0.1) is 11.3 Å². The summed E-state index contributed by atoms with van der Waals surface area (Å²) in [7, 11) is -1.66. The second-order valence-corrected chi connectivity index (χ2v) is 7.66. The van der Waals surface area contributed by atoms with Gasteiger partial charge in [-0.3, -0.25) is 4.68 Å². The molecule has 0 atom stereocenters. The molecule has 2 aromatic rings. The highest BCUT2D eigenvalue weighted by Gasteiger charge is 2.17. The summed E-state index contributed by atoms with van der Waals surface area (Å²) in [4.78, 5) is 0.977. The molecule has 8 heteroatoms. The number of nitrogens with one attached hydrogen (secondary N) is 1. The van der Waals surface area contributed by atoms with Crippen LogP contribution in [0.4, 0.5) is 0 Å². The number of sulfonamides is 1. The van der Waals surface area contributed by atoms with E-state index in [4.69, 9.17) is 5.73 Å². The average Bonchev–Trinajstić information content (AvgIpc) is 2.95. The second kappa shape index (κ2) is 6.04. The smallest absolute Gasteiger partial charge is 0.250 e. The lowest BCUT2D eigenvalue weighted by atomic mass is 10.3. The van der Waals surface area contributed by atoms with Crippen LogP contribution in [0.5, 0.6) is 0 Å². The molecule has 0 spiro atoms. The molecular weight excluding hydrogens is 296 g/mol. The van der Waals surface area contributed by atoms with Gasteiger partial charge in [0.1, 0.15) is 4.21 Å². The number of nitrogens with zero attached hydrogens (tertiary/aromatic N) is 2. The third kappa shape index (κ3) is 3.45. The molecule has 110 valence electrons. The van der Waals surface area contributed by atoms with Crippen molar-refractivity contribution in [1.82, 2.24) is 14.5 Å². The van der Waals surface area contributed by atoms with E-state index in [2.05, 4.69) is 9.82 Å². The van der Waals surface area contributed by atoms with E-state index in [1.165, 1.54) is 11.3 Å². The molecule has 0 saturated heterocycles. The van der Waals surface area contributed by atoms with E-state index in [1.54, 1.807) is 16.8 Å². The summed E-state index contributed by atoms with van der Waals surface area (Å²) in [5.41, 5.74) is 7.16. The standard InChI is InChI=1S/C12H18N4O2S2/c1-9-10(8-16(2)15-9)7-14-20(17,18)12-4-3-11(19-12)5-6-13/h3-4,8,14H,5-7,13H2,1-2H3. The summed E-state index contributed by atoms with van der Waals surface area (Å²) < 4.78 is 29.0. The van der Waals surface area contributed by atoms with E-state index >= 15 is 0 Å².